The molecule has 0 bridgehead atoms. The van der Waals surface area contributed by atoms with Crippen LogP contribution < -0.4 is 9.46 Å². The van der Waals surface area contributed by atoms with Crippen molar-refractivity contribution in [1.82, 2.24) is 0 Å². The summed E-state index contributed by atoms with van der Waals surface area (Å²) in [5.41, 5.74) is 3.37. The molecule has 2 aromatic rings. The maximum absolute atomic E-state index is 13.1. The molecule has 0 spiro atoms. The van der Waals surface area contributed by atoms with Crippen LogP contribution in [0, 0.1) is 6.92 Å². The number of esters is 1. The van der Waals surface area contributed by atoms with Gasteiger partial charge in [-0.25, -0.2) is 13.2 Å². The Hall–Kier alpha value is -2.54. The van der Waals surface area contributed by atoms with Gasteiger partial charge in [0.25, 0.3) is 10.0 Å². The lowest BCUT2D eigenvalue weighted by molar-refractivity contribution is 0.0525. The summed E-state index contributed by atoms with van der Waals surface area (Å²) in [6.45, 7) is 3.66. The monoisotopic (exact) mass is 403 g/mol. The second kappa shape index (κ2) is 8.22. The number of benzene rings is 2. The molecule has 1 aliphatic rings. The number of aryl methyl sites for hydroxylation is 2. The highest BCUT2D eigenvalue weighted by Crippen LogP contribution is 2.33. The first kappa shape index (κ1) is 20.2. The largest absolute Gasteiger partial charge is 0.495 e. The molecule has 0 aromatic heterocycles. The van der Waals surface area contributed by atoms with Gasteiger partial charge >= 0.3 is 5.97 Å². The second-order valence-corrected chi connectivity index (χ2v) is 8.43. The smallest absolute Gasteiger partial charge is 0.338 e. The normalized spacial score (nSPS) is 13.5. The molecule has 3 rings (SSSR count). The highest BCUT2D eigenvalue weighted by molar-refractivity contribution is 7.92. The summed E-state index contributed by atoms with van der Waals surface area (Å²) < 4.78 is 39.3. The van der Waals surface area contributed by atoms with Gasteiger partial charge in [0, 0.05) is 0 Å². The minimum absolute atomic E-state index is 0.108. The van der Waals surface area contributed by atoms with Crippen LogP contribution in [0.5, 0.6) is 5.75 Å². The van der Waals surface area contributed by atoms with Gasteiger partial charge < -0.3 is 9.47 Å². The number of carbonyl (C=O) groups is 1. The predicted molar refractivity (Wildman–Crippen MR) is 108 cm³/mol. The Morgan fingerprint density at radius 2 is 1.82 bits per heavy atom. The highest BCUT2D eigenvalue weighted by Gasteiger charge is 2.24. The van der Waals surface area contributed by atoms with E-state index in [0.29, 0.717) is 22.6 Å². The van der Waals surface area contributed by atoms with Crippen molar-refractivity contribution in [2.45, 2.75) is 44.4 Å². The third-order valence-electron chi connectivity index (χ3n) is 4.99. The van der Waals surface area contributed by atoms with Crippen molar-refractivity contribution in [1.29, 1.82) is 0 Å². The molecule has 1 N–H and O–H groups in total. The number of anilines is 1. The average Bonchev–Trinajstić information content (AvgIpc) is 2.68. The highest BCUT2D eigenvalue weighted by atomic mass is 32.2. The van der Waals surface area contributed by atoms with Crippen molar-refractivity contribution >= 4 is 21.7 Å². The number of nitrogens with one attached hydrogen (secondary N) is 1. The molecular weight excluding hydrogens is 378 g/mol. The minimum Gasteiger partial charge on any atom is -0.495 e. The lowest BCUT2D eigenvalue weighted by Gasteiger charge is -2.20. The molecule has 28 heavy (non-hydrogen) atoms. The van der Waals surface area contributed by atoms with Gasteiger partial charge in [-0.15, -0.1) is 0 Å². The summed E-state index contributed by atoms with van der Waals surface area (Å²) in [5.74, 6) is -0.153. The molecule has 150 valence electrons. The van der Waals surface area contributed by atoms with Gasteiger partial charge in [0.2, 0.25) is 0 Å². The molecular formula is C21H25NO5S. The van der Waals surface area contributed by atoms with Crippen molar-refractivity contribution in [2.75, 3.05) is 18.4 Å². The quantitative estimate of drug-likeness (QED) is 0.741. The number of carbonyl (C=O) groups excluding carboxylic acids is 1. The third-order valence-corrected chi connectivity index (χ3v) is 6.38. The number of methoxy groups -OCH3 is 1. The molecule has 0 unspecified atom stereocenters. The summed E-state index contributed by atoms with van der Waals surface area (Å²) >= 11 is 0. The van der Waals surface area contributed by atoms with Crippen molar-refractivity contribution in [2.24, 2.45) is 0 Å². The maximum atomic E-state index is 13.1. The van der Waals surface area contributed by atoms with Crippen LogP contribution in [0.25, 0.3) is 0 Å². The number of hydrogen-bond donors (Lipinski definition) is 1. The van der Waals surface area contributed by atoms with E-state index >= 15 is 0 Å². The molecule has 0 saturated heterocycles. The summed E-state index contributed by atoms with van der Waals surface area (Å²) in [4.78, 5) is 12.2. The maximum Gasteiger partial charge on any atom is 0.338 e. The van der Waals surface area contributed by atoms with Gasteiger partial charge in [-0.05, 0) is 80.5 Å². The van der Waals surface area contributed by atoms with E-state index in [1.165, 1.54) is 7.11 Å². The van der Waals surface area contributed by atoms with Crippen LogP contribution in [0.4, 0.5) is 5.69 Å². The van der Waals surface area contributed by atoms with Crippen LogP contribution in [-0.2, 0) is 27.6 Å². The average molecular weight is 404 g/mol. The van der Waals surface area contributed by atoms with Crippen LogP contribution >= 0.6 is 0 Å². The molecule has 0 aliphatic heterocycles. The standard InChI is InChI=1S/C21H25NO5S/c1-4-27-21(23)17-10-7-11-18(14(17)2)22-28(24,25)20-13-16-9-6-5-8-15(16)12-19(20)26-3/h7,10-13,22H,4-6,8-9H2,1-3H3. The first-order chi connectivity index (χ1) is 13.4. The summed E-state index contributed by atoms with van der Waals surface area (Å²) in [7, 11) is -2.43. The SMILES string of the molecule is CCOC(=O)c1cccc(NS(=O)(=O)c2cc3c(cc2OC)CCCC3)c1C. The molecule has 0 saturated carbocycles. The number of ether oxygens (including phenoxy) is 2. The van der Waals surface area contributed by atoms with E-state index in [1.54, 1.807) is 38.1 Å². The number of sulfonamides is 1. The molecule has 0 radical (unpaired) electrons. The fraction of sp³-hybridized carbons (Fsp3) is 0.381. The fourth-order valence-corrected chi connectivity index (χ4v) is 4.81. The Balaban J connectivity index is 1.99. The molecule has 0 atom stereocenters. The first-order valence-electron chi connectivity index (χ1n) is 9.36. The van der Waals surface area contributed by atoms with Crippen LogP contribution in [0.15, 0.2) is 35.2 Å². The van der Waals surface area contributed by atoms with Crippen molar-refractivity contribution in [3.8, 4) is 5.75 Å². The van der Waals surface area contributed by atoms with Gasteiger partial charge in [-0.1, -0.05) is 6.07 Å². The Labute approximate surface area is 165 Å². The summed E-state index contributed by atoms with van der Waals surface area (Å²) in [6.07, 6.45) is 3.94. The lowest BCUT2D eigenvalue weighted by atomic mass is 9.92. The molecule has 1 aliphatic carbocycles. The molecule has 0 amide bonds. The Morgan fingerprint density at radius 3 is 2.46 bits per heavy atom. The van der Waals surface area contributed by atoms with E-state index in [-0.39, 0.29) is 11.5 Å². The van der Waals surface area contributed by atoms with E-state index in [1.807, 2.05) is 6.07 Å². The summed E-state index contributed by atoms with van der Waals surface area (Å²) in [6, 6.07) is 8.40. The molecule has 7 heteroatoms. The van der Waals surface area contributed by atoms with E-state index in [2.05, 4.69) is 4.72 Å². The topological polar surface area (TPSA) is 81.7 Å². The Morgan fingerprint density at radius 1 is 1.14 bits per heavy atom. The molecule has 2 aromatic carbocycles. The zero-order chi connectivity index (χ0) is 20.3. The first-order valence-corrected chi connectivity index (χ1v) is 10.8. The Kier molecular flexibility index (Phi) is 5.93. The van der Waals surface area contributed by atoms with Crippen LogP contribution in [0.2, 0.25) is 0 Å². The van der Waals surface area contributed by atoms with Gasteiger partial charge in [-0.3, -0.25) is 4.72 Å². The van der Waals surface area contributed by atoms with E-state index < -0.39 is 16.0 Å². The van der Waals surface area contributed by atoms with Crippen molar-refractivity contribution < 1.29 is 22.7 Å². The zero-order valence-corrected chi connectivity index (χ0v) is 17.2. The number of fused-ring (bicyclic) bond motifs is 1. The van der Waals surface area contributed by atoms with Crippen LogP contribution in [0.1, 0.15) is 46.8 Å². The van der Waals surface area contributed by atoms with E-state index in [9.17, 15) is 13.2 Å². The predicted octanol–water partition coefficient (Wildman–Crippen LogP) is 3.86. The molecule has 0 heterocycles. The minimum atomic E-state index is -3.89. The number of rotatable bonds is 6. The van der Waals surface area contributed by atoms with Crippen LogP contribution in [0.3, 0.4) is 0 Å². The van der Waals surface area contributed by atoms with E-state index in [0.717, 1.165) is 36.8 Å². The summed E-state index contributed by atoms with van der Waals surface area (Å²) in [5, 5.41) is 0. The Bertz CT molecular complexity index is 998. The van der Waals surface area contributed by atoms with Gasteiger partial charge in [0.15, 0.2) is 0 Å². The zero-order valence-electron chi connectivity index (χ0n) is 16.4. The van der Waals surface area contributed by atoms with Crippen LogP contribution in [-0.4, -0.2) is 28.1 Å². The van der Waals surface area contributed by atoms with Crippen molar-refractivity contribution in [3.05, 3.63) is 52.6 Å². The van der Waals surface area contributed by atoms with E-state index in [4.69, 9.17) is 9.47 Å². The number of hydrogen-bond acceptors (Lipinski definition) is 5. The van der Waals surface area contributed by atoms with Crippen molar-refractivity contribution in [3.63, 3.8) is 0 Å². The molecule has 6 nitrogen and oxygen atoms in total. The van der Waals surface area contributed by atoms with Gasteiger partial charge in [-0.2, -0.15) is 0 Å². The second-order valence-electron chi connectivity index (χ2n) is 6.78. The fourth-order valence-electron chi connectivity index (χ4n) is 3.49. The third kappa shape index (κ3) is 3.99. The molecule has 0 fully saturated rings. The van der Waals surface area contributed by atoms with Gasteiger partial charge in [0.1, 0.15) is 10.6 Å². The van der Waals surface area contributed by atoms with Gasteiger partial charge in [0.05, 0.1) is 25.0 Å². The lowest BCUT2D eigenvalue weighted by Crippen LogP contribution is -2.17.